The smallest absolute Gasteiger partial charge is 0.240 e. The van der Waals surface area contributed by atoms with Crippen LogP contribution in [-0.2, 0) is 11.2 Å². The van der Waals surface area contributed by atoms with Crippen molar-refractivity contribution in [3.05, 3.63) is 10.9 Å². The van der Waals surface area contributed by atoms with Gasteiger partial charge in [-0.25, -0.2) is 10.8 Å². The van der Waals surface area contributed by atoms with Gasteiger partial charge in [0.25, 0.3) is 0 Å². The number of carbonyl (C=O) groups is 1. The van der Waals surface area contributed by atoms with Crippen LogP contribution < -0.4 is 21.9 Å². The van der Waals surface area contributed by atoms with Crippen LogP contribution in [0.25, 0.3) is 10.2 Å². The van der Waals surface area contributed by atoms with Gasteiger partial charge in [-0.05, 0) is 18.9 Å². The molecule has 7 nitrogen and oxygen atoms in total. The van der Waals surface area contributed by atoms with Crippen molar-refractivity contribution in [1.29, 1.82) is 0 Å². The average molecular weight is 306 g/mol. The molecule has 0 bridgehead atoms. The summed E-state index contributed by atoms with van der Waals surface area (Å²) in [7, 11) is 0. The first-order chi connectivity index (χ1) is 10.2. The van der Waals surface area contributed by atoms with Crippen molar-refractivity contribution in [3.63, 3.8) is 0 Å². The van der Waals surface area contributed by atoms with Crippen molar-refractivity contribution in [2.75, 3.05) is 17.3 Å². The fourth-order valence-electron chi connectivity index (χ4n) is 2.37. The van der Waals surface area contributed by atoms with Gasteiger partial charge in [0.05, 0.1) is 5.39 Å². The highest BCUT2D eigenvalue weighted by atomic mass is 32.1. The van der Waals surface area contributed by atoms with E-state index in [0.29, 0.717) is 18.9 Å². The summed E-state index contributed by atoms with van der Waals surface area (Å²) in [5.74, 6) is 6.72. The van der Waals surface area contributed by atoms with Crippen LogP contribution in [0.4, 0.5) is 11.8 Å². The number of nitrogens with zero attached hydrogens (tertiary/aromatic N) is 2. The number of anilines is 2. The van der Waals surface area contributed by atoms with Crippen LogP contribution in [0.15, 0.2) is 6.07 Å². The maximum absolute atomic E-state index is 11.2. The van der Waals surface area contributed by atoms with E-state index in [4.69, 9.17) is 5.84 Å². The minimum Gasteiger partial charge on any atom is -0.365 e. The zero-order valence-corrected chi connectivity index (χ0v) is 12.6. The number of aryl methyl sites for hydroxylation is 1. The lowest BCUT2D eigenvalue weighted by atomic mass is 10.1. The zero-order chi connectivity index (χ0) is 14.8. The summed E-state index contributed by atoms with van der Waals surface area (Å²) in [5.41, 5.74) is 2.51. The van der Waals surface area contributed by atoms with Gasteiger partial charge < -0.3 is 10.6 Å². The summed E-state index contributed by atoms with van der Waals surface area (Å²) in [6.45, 7) is 2.73. The average Bonchev–Trinajstić information content (AvgIpc) is 2.92. The Hall–Kier alpha value is -1.93. The first kappa shape index (κ1) is 14.0. The number of nitrogens with one attached hydrogen (secondary N) is 3. The molecule has 3 rings (SSSR count). The van der Waals surface area contributed by atoms with Crippen molar-refractivity contribution >= 4 is 39.2 Å². The molecule has 0 aromatic carbocycles. The third-order valence-corrected chi connectivity index (χ3v) is 4.70. The highest BCUT2D eigenvalue weighted by Crippen LogP contribution is 2.31. The number of piperidine rings is 1. The molecule has 1 amide bonds. The van der Waals surface area contributed by atoms with Crippen LogP contribution in [0.2, 0.25) is 0 Å². The zero-order valence-electron chi connectivity index (χ0n) is 11.8. The highest BCUT2D eigenvalue weighted by Gasteiger charge is 2.20. The van der Waals surface area contributed by atoms with Crippen molar-refractivity contribution in [1.82, 2.24) is 15.3 Å². The van der Waals surface area contributed by atoms with Crippen LogP contribution in [0.5, 0.6) is 0 Å². The lowest BCUT2D eigenvalue weighted by molar-refractivity contribution is -0.122. The van der Waals surface area contributed by atoms with Gasteiger partial charge in [-0.2, -0.15) is 4.98 Å². The van der Waals surface area contributed by atoms with Gasteiger partial charge in [0, 0.05) is 23.9 Å². The molecule has 1 atom stereocenters. The number of rotatable bonds is 4. The van der Waals surface area contributed by atoms with Crippen molar-refractivity contribution < 1.29 is 4.79 Å². The number of amides is 1. The minimum absolute atomic E-state index is 0.106. The number of hydrogen-bond acceptors (Lipinski definition) is 7. The second kappa shape index (κ2) is 5.82. The molecule has 112 valence electrons. The van der Waals surface area contributed by atoms with E-state index < -0.39 is 0 Å². The molecular weight excluding hydrogens is 288 g/mol. The fraction of sp³-hybridized carbons (Fsp3) is 0.462. The molecule has 5 N–H and O–H groups in total. The Labute approximate surface area is 126 Å². The molecule has 1 saturated heterocycles. The summed E-state index contributed by atoms with van der Waals surface area (Å²) in [6, 6.07) is 2.29. The number of aromatic nitrogens is 2. The molecule has 1 aliphatic heterocycles. The first-order valence-corrected chi connectivity index (χ1v) is 7.81. The van der Waals surface area contributed by atoms with Gasteiger partial charge in [0.2, 0.25) is 11.9 Å². The monoisotopic (exact) mass is 306 g/mol. The highest BCUT2D eigenvalue weighted by molar-refractivity contribution is 7.18. The SMILES string of the molecule is CCc1cc2c(NC3CCC(=O)NC3)nc(NN)nc2s1. The van der Waals surface area contributed by atoms with E-state index in [9.17, 15) is 4.79 Å². The van der Waals surface area contributed by atoms with Crippen LogP contribution in [0.1, 0.15) is 24.6 Å². The Morgan fingerprint density at radius 3 is 3.05 bits per heavy atom. The standard InChI is InChI=1S/C13H18N6OS/c1-2-8-5-9-11(16-7-3-4-10(20)15-6-7)17-13(19-14)18-12(9)21-8/h5,7H,2-4,6,14H2,1H3,(H,15,20)(H2,16,17,18,19). The third kappa shape index (κ3) is 2.91. The summed E-state index contributed by atoms with van der Waals surface area (Å²) in [4.78, 5) is 22.2. The maximum Gasteiger partial charge on any atom is 0.240 e. The molecule has 2 aromatic rings. The van der Waals surface area contributed by atoms with Crippen molar-refractivity contribution in [2.24, 2.45) is 5.84 Å². The lowest BCUT2D eigenvalue weighted by Crippen LogP contribution is -2.42. The van der Waals surface area contributed by atoms with Gasteiger partial charge in [0.15, 0.2) is 0 Å². The number of carbonyl (C=O) groups excluding carboxylic acids is 1. The molecule has 0 saturated carbocycles. The fourth-order valence-corrected chi connectivity index (χ4v) is 3.34. The van der Waals surface area contributed by atoms with Crippen molar-refractivity contribution in [3.8, 4) is 0 Å². The summed E-state index contributed by atoms with van der Waals surface area (Å²) < 4.78 is 0. The van der Waals surface area contributed by atoms with E-state index in [2.05, 4.69) is 39.0 Å². The first-order valence-electron chi connectivity index (χ1n) is 7.00. The molecule has 2 aromatic heterocycles. The number of thiophene rings is 1. The topological polar surface area (TPSA) is 105 Å². The summed E-state index contributed by atoms with van der Waals surface area (Å²) >= 11 is 1.65. The third-order valence-electron chi connectivity index (χ3n) is 3.53. The quantitative estimate of drug-likeness (QED) is 0.500. The minimum atomic E-state index is 0.106. The molecule has 1 fully saturated rings. The van der Waals surface area contributed by atoms with E-state index in [1.54, 1.807) is 11.3 Å². The Morgan fingerprint density at radius 2 is 2.38 bits per heavy atom. The molecule has 0 spiro atoms. The van der Waals surface area contributed by atoms with Crippen molar-refractivity contribution in [2.45, 2.75) is 32.2 Å². The molecule has 21 heavy (non-hydrogen) atoms. The Balaban J connectivity index is 1.92. The van der Waals surface area contributed by atoms with Crippen LogP contribution in [0, 0.1) is 0 Å². The number of nitrogen functional groups attached to an aromatic ring is 1. The normalized spacial score (nSPS) is 18.6. The van der Waals surface area contributed by atoms with E-state index in [1.165, 1.54) is 4.88 Å². The Bertz CT molecular complexity index is 660. The number of hydrogen-bond donors (Lipinski definition) is 4. The van der Waals surface area contributed by atoms with E-state index in [-0.39, 0.29) is 11.9 Å². The van der Waals surface area contributed by atoms with Crippen LogP contribution >= 0.6 is 11.3 Å². The maximum atomic E-state index is 11.2. The number of hydrazine groups is 1. The van der Waals surface area contributed by atoms with Gasteiger partial charge in [-0.15, -0.1) is 11.3 Å². The molecule has 1 unspecified atom stereocenters. The number of nitrogens with two attached hydrogens (primary N) is 1. The second-order valence-corrected chi connectivity index (χ2v) is 6.12. The lowest BCUT2D eigenvalue weighted by Gasteiger charge is -2.24. The molecule has 8 heteroatoms. The molecular formula is C13H18N6OS. The summed E-state index contributed by atoms with van der Waals surface area (Å²) in [5, 5.41) is 7.27. The van der Waals surface area contributed by atoms with E-state index in [0.717, 1.165) is 28.9 Å². The summed E-state index contributed by atoms with van der Waals surface area (Å²) in [6.07, 6.45) is 2.30. The molecule has 1 aliphatic rings. The Morgan fingerprint density at radius 1 is 1.52 bits per heavy atom. The van der Waals surface area contributed by atoms with Crippen LogP contribution in [0.3, 0.4) is 0 Å². The predicted octanol–water partition coefficient (Wildman–Crippen LogP) is 1.23. The van der Waals surface area contributed by atoms with Gasteiger partial charge >= 0.3 is 0 Å². The van der Waals surface area contributed by atoms with Gasteiger partial charge in [0.1, 0.15) is 10.6 Å². The largest absolute Gasteiger partial charge is 0.365 e. The molecule has 0 radical (unpaired) electrons. The van der Waals surface area contributed by atoms with Crippen LogP contribution in [-0.4, -0.2) is 28.5 Å². The molecule has 3 heterocycles. The van der Waals surface area contributed by atoms with E-state index >= 15 is 0 Å². The van der Waals surface area contributed by atoms with E-state index in [1.807, 2.05) is 0 Å². The van der Waals surface area contributed by atoms with Gasteiger partial charge in [-0.3, -0.25) is 10.2 Å². The van der Waals surface area contributed by atoms with Gasteiger partial charge in [-0.1, -0.05) is 6.92 Å². The molecule has 0 aliphatic carbocycles. The number of fused-ring (bicyclic) bond motifs is 1. The Kier molecular flexibility index (Phi) is 3.89. The second-order valence-electron chi connectivity index (χ2n) is 5.01. The predicted molar refractivity (Wildman–Crippen MR) is 84.3 cm³/mol.